The lowest BCUT2D eigenvalue weighted by Gasteiger charge is -2.06. The number of thioether (sulfide) groups is 1. The van der Waals surface area contributed by atoms with E-state index < -0.39 is 15.8 Å². The van der Waals surface area contributed by atoms with Gasteiger partial charge >= 0.3 is 0 Å². The third-order valence-corrected chi connectivity index (χ3v) is 5.10. The molecule has 0 spiro atoms. The Morgan fingerprint density at radius 1 is 1.00 bits per heavy atom. The zero-order valence-corrected chi connectivity index (χ0v) is 16.3. The molecular formula is C17H10N4O7S2. The van der Waals surface area contributed by atoms with Crippen molar-refractivity contribution in [1.29, 1.82) is 0 Å². The maximum atomic E-state index is 12.6. The molecule has 1 heterocycles. The number of thiocarbonyl (C=S) groups is 1. The lowest BCUT2D eigenvalue weighted by Crippen LogP contribution is -2.22. The van der Waals surface area contributed by atoms with Gasteiger partial charge in [-0.05, 0) is 30.4 Å². The minimum atomic E-state index is -0.669. The van der Waals surface area contributed by atoms with E-state index in [9.17, 15) is 35.2 Å². The predicted octanol–water partition coefficient (Wildman–Crippen LogP) is 3.15. The van der Waals surface area contributed by atoms with Crippen molar-refractivity contribution in [2.45, 2.75) is 0 Å². The van der Waals surface area contributed by atoms with Gasteiger partial charge < -0.3 is 10.2 Å². The summed E-state index contributed by atoms with van der Waals surface area (Å²) in [4.78, 5) is 33.1. The summed E-state index contributed by atoms with van der Waals surface area (Å²) in [5, 5.41) is 46.2. The molecule has 1 amide bonds. The number of aromatic hydroxyl groups is 2. The number of benzene rings is 2. The maximum Gasteiger partial charge on any atom is 0.286 e. The molecule has 2 aromatic rings. The molecule has 1 aliphatic heterocycles. The van der Waals surface area contributed by atoms with Gasteiger partial charge in [0.25, 0.3) is 17.3 Å². The number of rotatable bonds is 5. The second-order valence-corrected chi connectivity index (χ2v) is 7.41. The third-order valence-electron chi connectivity index (χ3n) is 3.82. The smallest absolute Gasteiger partial charge is 0.286 e. The van der Waals surface area contributed by atoms with Crippen molar-refractivity contribution >= 4 is 57.9 Å². The Morgan fingerprint density at radius 2 is 1.53 bits per heavy atom. The van der Waals surface area contributed by atoms with Crippen molar-refractivity contribution in [1.82, 2.24) is 5.01 Å². The highest BCUT2D eigenvalue weighted by Crippen LogP contribution is 2.35. The van der Waals surface area contributed by atoms with Crippen LogP contribution < -0.4 is 0 Å². The highest BCUT2D eigenvalue weighted by atomic mass is 32.2. The van der Waals surface area contributed by atoms with Crippen LogP contribution in [0.1, 0.15) is 11.1 Å². The number of phenols is 2. The number of carbonyl (C=O) groups excluding carboxylic acids is 1. The summed E-state index contributed by atoms with van der Waals surface area (Å²) in [6.07, 6.45) is 2.28. The number of phenolic OH excluding ortho intramolecular Hbond substituents is 2. The fourth-order valence-corrected chi connectivity index (χ4v) is 3.51. The summed E-state index contributed by atoms with van der Waals surface area (Å²) in [5.41, 5.74) is -0.502. The normalized spacial score (nSPS) is 15.3. The second kappa shape index (κ2) is 8.26. The summed E-state index contributed by atoms with van der Waals surface area (Å²) in [7, 11) is 0. The zero-order valence-electron chi connectivity index (χ0n) is 14.7. The number of nitro benzene ring substituents is 2. The molecule has 1 aliphatic rings. The van der Waals surface area contributed by atoms with Gasteiger partial charge in [-0.3, -0.25) is 25.0 Å². The summed E-state index contributed by atoms with van der Waals surface area (Å²) in [6.45, 7) is 0. The Hall–Kier alpha value is -3.84. The number of amides is 1. The van der Waals surface area contributed by atoms with Gasteiger partial charge in [0.15, 0.2) is 4.32 Å². The summed E-state index contributed by atoms with van der Waals surface area (Å²) in [5.74, 6) is -1.22. The van der Waals surface area contributed by atoms with Crippen LogP contribution in [0, 0.1) is 20.2 Å². The molecule has 0 bridgehead atoms. The minimum absolute atomic E-state index is 0.00133. The van der Waals surface area contributed by atoms with E-state index in [1.807, 2.05) is 0 Å². The number of hydrogen-bond acceptors (Lipinski definition) is 10. The first-order valence-corrected chi connectivity index (χ1v) is 9.16. The molecule has 152 valence electrons. The first kappa shape index (κ1) is 20.9. The van der Waals surface area contributed by atoms with E-state index in [-0.39, 0.29) is 43.2 Å². The van der Waals surface area contributed by atoms with Crippen molar-refractivity contribution < 1.29 is 24.9 Å². The predicted molar refractivity (Wildman–Crippen MR) is 112 cm³/mol. The Balaban J connectivity index is 1.89. The van der Waals surface area contributed by atoms with Gasteiger partial charge in [0.1, 0.15) is 11.5 Å². The van der Waals surface area contributed by atoms with E-state index in [4.69, 9.17) is 12.2 Å². The van der Waals surface area contributed by atoms with E-state index in [1.165, 1.54) is 6.08 Å². The van der Waals surface area contributed by atoms with Gasteiger partial charge in [-0.2, -0.15) is 10.1 Å². The molecule has 0 atom stereocenters. The molecule has 2 N–H and O–H groups in total. The summed E-state index contributed by atoms with van der Waals surface area (Å²) in [6, 6.07) is 6.66. The van der Waals surface area contributed by atoms with Crippen LogP contribution in [0.15, 0.2) is 46.4 Å². The van der Waals surface area contributed by atoms with E-state index in [1.54, 1.807) is 0 Å². The maximum absolute atomic E-state index is 12.6. The van der Waals surface area contributed by atoms with Crippen molar-refractivity contribution in [2.24, 2.45) is 5.10 Å². The Bertz CT molecular complexity index is 1160. The Morgan fingerprint density at radius 3 is 2.10 bits per heavy atom. The van der Waals surface area contributed by atoms with E-state index in [0.29, 0.717) is 0 Å². The van der Waals surface area contributed by atoms with Crippen LogP contribution in [0.2, 0.25) is 0 Å². The number of nitro groups is 2. The van der Waals surface area contributed by atoms with Crippen LogP contribution in [0.3, 0.4) is 0 Å². The monoisotopic (exact) mass is 446 g/mol. The molecule has 3 rings (SSSR count). The van der Waals surface area contributed by atoms with Crippen LogP contribution >= 0.6 is 24.0 Å². The fourth-order valence-electron chi connectivity index (χ4n) is 2.35. The second-order valence-electron chi connectivity index (χ2n) is 5.74. The largest absolute Gasteiger partial charge is 0.507 e. The number of nitrogens with zero attached hydrogens (tertiary/aromatic N) is 4. The summed E-state index contributed by atoms with van der Waals surface area (Å²) >= 11 is 5.95. The van der Waals surface area contributed by atoms with E-state index >= 15 is 0 Å². The van der Waals surface area contributed by atoms with Crippen LogP contribution in [-0.4, -0.2) is 41.5 Å². The molecule has 2 aromatic carbocycles. The molecule has 30 heavy (non-hydrogen) atoms. The number of hydrazone groups is 1. The molecule has 1 fully saturated rings. The van der Waals surface area contributed by atoms with Crippen molar-refractivity contribution in [3.8, 4) is 11.5 Å². The van der Waals surface area contributed by atoms with Gasteiger partial charge in [0.05, 0.1) is 21.0 Å². The van der Waals surface area contributed by atoms with Crippen LogP contribution in [0.4, 0.5) is 11.4 Å². The molecule has 13 heteroatoms. The lowest BCUT2D eigenvalue weighted by molar-refractivity contribution is -0.385. The third kappa shape index (κ3) is 4.26. The quantitative estimate of drug-likeness (QED) is 0.231. The van der Waals surface area contributed by atoms with Crippen LogP contribution in [-0.2, 0) is 4.79 Å². The minimum Gasteiger partial charge on any atom is -0.507 e. The molecule has 11 nitrogen and oxygen atoms in total. The summed E-state index contributed by atoms with van der Waals surface area (Å²) < 4.78 is 0.0253. The first-order valence-electron chi connectivity index (χ1n) is 7.94. The van der Waals surface area contributed by atoms with Crippen LogP contribution in [0.25, 0.3) is 6.08 Å². The van der Waals surface area contributed by atoms with Crippen molar-refractivity contribution in [3.05, 3.63) is 72.7 Å². The lowest BCUT2D eigenvalue weighted by atomic mass is 10.1. The van der Waals surface area contributed by atoms with Crippen LogP contribution in [0.5, 0.6) is 11.5 Å². The SMILES string of the molecule is O=C1/C(=C/c2cc([N+](=O)[O-])ccc2O)SC(=S)N1/N=C/c1cc([N+](=O)[O-])ccc1O. The van der Waals surface area contributed by atoms with Gasteiger partial charge in [0.2, 0.25) is 0 Å². The molecule has 0 aliphatic carbocycles. The molecule has 1 saturated heterocycles. The van der Waals surface area contributed by atoms with Gasteiger partial charge in [-0.15, -0.1) is 0 Å². The van der Waals surface area contributed by atoms with Gasteiger partial charge in [0, 0.05) is 35.4 Å². The van der Waals surface area contributed by atoms with E-state index in [0.717, 1.165) is 59.4 Å². The highest BCUT2D eigenvalue weighted by Gasteiger charge is 2.32. The Kier molecular flexibility index (Phi) is 5.75. The standard InChI is InChI=1S/C17H10N4O7S2/c22-13-3-1-11(20(25)26)5-9(13)7-15-16(24)19(17(29)30-15)18-8-10-6-12(21(27)28)2-4-14(10)23/h1-8,22-23H/b15-7-,18-8+. The number of carbonyl (C=O) groups is 1. The molecular weight excluding hydrogens is 436 g/mol. The van der Waals surface area contributed by atoms with Crippen molar-refractivity contribution in [2.75, 3.05) is 0 Å². The average Bonchev–Trinajstić information content (AvgIpc) is 2.95. The Labute approximate surface area is 177 Å². The molecule has 0 unspecified atom stereocenters. The number of hydrogen-bond donors (Lipinski definition) is 2. The first-order chi connectivity index (χ1) is 14.2. The molecule has 0 aromatic heterocycles. The molecule has 0 saturated carbocycles. The van der Waals surface area contributed by atoms with Crippen molar-refractivity contribution in [3.63, 3.8) is 0 Å². The highest BCUT2D eigenvalue weighted by molar-refractivity contribution is 8.26. The average molecular weight is 446 g/mol. The van der Waals surface area contributed by atoms with Gasteiger partial charge in [-0.1, -0.05) is 11.8 Å². The van der Waals surface area contributed by atoms with E-state index in [2.05, 4.69) is 5.10 Å². The molecule has 0 radical (unpaired) electrons. The zero-order chi connectivity index (χ0) is 22.0. The fraction of sp³-hybridized carbons (Fsp3) is 0. The van der Waals surface area contributed by atoms with Gasteiger partial charge in [-0.25, -0.2) is 0 Å². The number of non-ortho nitro benzene ring substituents is 2. The topological polar surface area (TPSA) is 159 Å².